The van der Waals surface area contributed by atoms with Gasteiger partial charge in [0, 0.05) is 19.8 Å². The first kappa shape index (κ1) is 22.0. The van der Waals surface area contributed by atoms with Gasteiger partial charge in [0.25, 0.3) is 5.91 Å². The van der Waals surface area contributed by atoms with E-state index < -0.39 is 6.29 Å². The summed E-state index contributed by atoms with van der Waals surface area (Å²) in [5, 5.41) is 0. The van der Waals surface area contributed by atoms with Crippen molar-refractivity contribution in [2.24, 2.45) is 0 Å². The van der Waals surface area contributed by atoms with E-state index >= 15 is 0 Å². The molecule has 0 bridgehead atoms. The monoisotopic (exact) mass is 445 g/mol. The van der Waals surface area contributed by atoms with Gasteiger partial charge in [0.2, 0.25) is 12.5 Å². The van der Waals surface area contributed by atoms with Crippen LogP contribution in [0.15, 0.2) is 24.3 Å². The minimum atomic E-state index is -0.560. The number of carbonyl (C=O) groups is 1. The molecule has 0 saturated heterocycles. The molecule has 1 atom stereocenters. The van der Waals surface area contributed by atoms with Gasteiger partial charge < -0.3 is 38.1 Å². The minimum absolute atomic E-state index is 0.116. The van der Waals surface area contributed by atoms with Gasteiger partial charge in [-0.25, -0.2) is 0 Å². The summed E-state index contributed by atoms with van der Waals surface area (Å²) in [6.07, 6.45) is -0.0510. The molecule has 9 heteroatoms. The summed E-state index contributed by atoms with van der Waals surface area (Å²) < 4.78 is 38.2. The summed E-state index contributed by atoms with van der Waals surface area (Å²) >= 11 is 0. The van der Waals surface area contributed by atoms with Gasteiger partial charge in [0.05, 0.1) is 33.9 Å². The largest absolute Gasteiger partial charge is 0.493 e. The molecule has 2 aliphatic rings. The quantitative estimate of drug-likeness (QED) is 0.545. The Hall–Kier alpha value is -3.17. The number of carbonyl (C=O) groups excluding carboxylic acids is 1. The molecule has 0 spiro atoms. The van der Waals surface area contributed by atoms with E-state index in [4.69, 9.17) is 33.2 Å². The molecule has 0 N–H and O–H groups in total. The number of rotatable bonds is 9. The molecule has 2 aromatic carbocycles. The fourth-order valence-corrected chi connectivity index (χ4v) is 4.20. The first-order chi connectivity index (χ1) is 15.5. The maximum absolute atomic E-state index is 13.4. The first-order valence-corrected chi connectivity index (χ1v) is 10.1. The van der Waals surface area contributed by atoms with E-state index in [0.717, 1.165) is 11.1 Å². The van der Waals surface area contributed by atoms with Gasteiger partial charge in [-0.1, -0.05) is 0 Å². The topological polar surface area (TPSA) is 84.9 Å². The zero-order valence-corrected chi connectivity index (χ0v) is 18.8. The molecule has 9 nitrogen and oxygen atoms in total. The van der Waals surface area contributed by atoms with E-state index in [2.05, 4.69) is 0 Å². The second-order valence-electron chi connectivity index (χ2n) is 7.40. The summed E-state index contributed by atoms with van der Waals surface area (Å²) in [5.41, 5.74) is 2.36. The molecule has 1 amide bonds. The lowest BCUT2D eigenvalue weighted by molar-refractivity contribution is -0.114. The summed E-state index contributed by atoms with van der Waals surface area (Å²) in [7, 11) is 7.80. The lowest BCUT2D eigenvalue weighted by Crippen LogP contribution is -2.37. The molecular formula is C23H27NO8. The van der Waals surface area contributed by atoms with Crippen molar-refractivity contribution >= 4 is 5.91 Å². The second kappa shape index (κ2) is 9.13. The summed E-state index contributed by atoms with van der Waals surface area (Å²) in [6.45, 7) is 0.408. The highest BCUT2D eigenvalue weighted by molar-refractivity contribution is 6.00. The molecule has 2 aliphatic heterocycles. The molecular weight excluding hydrogens is 418 g/mol. The molecule has 2 heterocycles. The van der Waals surface area contributed by atoms with Gasteiger partial charge in [0.1, 0.15) is 0 Å². The van der Waals surface area contributed by atoms with Crippen LogP contribution in [-0.4, -0.2) is 66.0 Å². The minimum Gasteiger partial charge on any atom is -0.493 e. The average Bonchev–Trinajstić information content (AvgIpc) is 3.38. The molecule has 0 aliphatic carbocycles. The molecule has 0 radical (unpaired) electrons. The van der Waals surface area contributed by atoms with E-state index in [9.17, 15) is 4.79 Å². The van der Waals surface area contributed by atoms with Crippen LogP contribution in [0.5, 0.6) is 28.7 Å². The third kappa shape index (κ3) is 3.78. The van der Waals surface area contributed by atoms with Gasteiger partial charge in [-0.2, -0.15) is 0 Å². The Labute approximate surface area is 186 Å². The Morgan fingerprint density at radius 2 is 1.56 bits per heavy atom. The molecule has 0 saturated carbocycles. The SMILES string of the molecule is COc1cc(CC2c3cc4c(cc3C(=O)N2CC(OC)OC)OCO4)cc(OC)c1OC. The van der Waals surface area contributed by atoms with Crippen LogP contribution in [0.3, 0.4) is 0 Å². The Balaban J connectivity index is 1.75. The van der Waals surface area contributed by atoms with Gasteiger partial charge >= 0.3 is 0 Å². The smallest absolute Gasteiger partial charge is 0.255 e. The van der Waals surface area contributed by atoms with Crippen LogP contribution in [0, 0.1) is 0 Å². The third-order valence-electron chi connectivity index (χ3n) is 5.80. The van der Waals surface area contributed by atoms with Crippen LogP contribution in [0.4, 0.5) is 0 Å². The van der Waals surface area contributed by atoms with Crippen LogP contribution in [0.2, 0.25) is 0 Å². The van der Waals surface area contributed by atoms with E-state index in [1.807, 2.05) is 18.2 Å². The van der Waals surface area contributed by atoms with Crippen molar-refractivity contribution < 1.29 is 38.0 Å². The van der Waals surface area contributed by atoms with Gasteiger partial charge in [-0.05, 0) is 41.8 Å². The van der Waals surface area contributed by atoms with Crippen molar-refractivity contribution in [3.05, 3.63) is 41.0 Å². The number of hydrogen-bond donors (Lipinski definition) is 0. The van der Waals surface area contributed by atoms with Gasteiger partial charge in [-0.3, -0.25) is 4.79 Å². The summed E-state index contributed by atoms with van der Waals surface area (Å²) in [4.78, 5) is 15.1. The third-order valence-corrected chi connectivity index (χ3v) is 5.80. The molecule has 1 unspecified atom stereocenters. The Bertz CT molecular complexity index is 979. The molecule has 172 valence electrons. The van der Waals surface area contributed by atoms with Crippen LogP contribution in [0.25, 0.3) is 0 Å². The standard InChI is InChI=1S/C23H27NO8/c1-26-19-7-13(8-20(27-2)22(19)30-5)6-16-14-9-17-18(32-12-31-17)10-15(14)23(25)24(16)11-21(28-3)29-4/h7-10,16,21H,6,11-12H2,1-5H3. The number of amides is 1. The summed E-state index contributed by atoms with van der Waals surface area (Å²) in [6, 6.07) is 7.13. The van der Waals surface area contributed by atoms with Gasteiger partial charge in [0.15, 0.2) is 29.3 Å². The lowest BCUT2D eigenvalue weighted by atomic mass is 9.97. The van der Waals surface area contributed by atoms with Crippen molar-refractivity contribution in [1.82, 2.24) is 4.90 Å². The van der Waals surface area contributed by atoms with Crippen LogP contribution < -0.4 is 23.7 Å². The maximum atomic E-state index is 13.4. The lowest BCUT2D eigenvalue weighted by Gasteiger charge is -2.28. The Kier molecular flexibility index (Phi) is 6.29. The highest BCUT2D eigenvalue weighted by Crippen LogP contribution is 2.45. The second-order valence-corrected chi connectivity index (χ2v) is 7.40. The van der Waals surface area contributed by atoms with Crippen molar-refractivity contribution in [2.75, 3.05) is 48.9 Å². The Morgan fingerprint density at radius 1 is 0.938 bits per heavy atom. The van der Waals surface area contributed by atoms with Crippen molar-refractivity contribution in [3.63, 3.8) is 0 Å². The number of fused-ring (bicyclic) bond motifs is 2. The van der Waals surface area contributed by atoms with Crippen LogP contribution in [-0.2, 0) is 15.9 Å². The first-order valence-electron chi connectivity index (χ1n) is 10.1. The zero-order valence-electron chi connectivity index (χ0n) is 18.8. The molecule has 2 aromatic rings. The highest BCUT2D eigenvalue weighted by Gasteiger charge is 2.40. The molecule has 0 fully saturated rings. The highest BCUT2D eigenvalue weighted by atomic mass is 16.7. The van der Waals surface area contributed by atoms with Crippen LogP contribution in [0.1, 0.15) is 27.5 Å². The average molecular weight is 445 g/mol. The van der Waals surface area contributed by atoms with Crippen molar-refractivity contribution in [3.8, 4) is 28.7 Å². The zero-order chi connectivity index (χ0) is 22.8. The molecule has 4 rings (SSSR count). The van der Waals surface area contributed by atoms with Gasteiger partial charge in [-0.15, -0.1) is 0 Å². The summed E-state index contributed by atoms with van der Waals surface area (Å²) in [5.74, 6) is 2.70. The normalized spacial score (nSPS) is 16.5. The predicted molar refractivity (Wildman–Crippen MR) is 114 cm³/mol. The number of ether oxygens (including phenoxy) is 7. The predicted octanol–water partition coefficient (Wildman–Crippen LogP) is 2.80. The number of methoxy groups -OCH3 is 5. The molecule has 0 aromatic heterocycles. The number of nitrogens with zero attached hydrogens (tertiary/aromatic N) is 1. The Morgan fingerprint density at radius 3 is 2.12 bits per heavy atom. The van der Waals surface area contributed by atoms with E-state index in [0.29, 0.717) is 40.7 Å². The van der Waals surface area contributed by atoms with Crippen LogP contribution >= 0.6 is 0 Å². The van der Waals surface area contributed by atoms with E-state index in [-0.39, 0.29) is 25.3 Å². The van der Waals surface area contributed by atoms with E-state index in [1.165, 1.54) is 0 Å². The van der Waals surface area contributed by atoms with Crippen molar-refractivity contribution in [2.45, 2.75) is 18.8 Å². The number of benzene rings is 2. The maximum Gasteiger partial charge on any atom is 0.255 e. The molecule has 32 heavy (non-hydrogen) atoms. The fraction of sp³-hybridized carbons (Fsp3) is 0.435. The fourth-order valence-electron chi connectivity index (χ4n) is 4.20. The van der Waals surface area contributed by atoms with Crippen molar-refractivity contribution in [1.29, 1.82) is 0 Å². The van der Waals surface area contributed by atoms with E-state index in [1.54, 1.807) is 46.5 Å². The number of hydrogen-bond acceptors (Lipinski definition) is 8.